The number of nitrogen functional groups attached to an aromatic ring is 2. The molecule has 0 fully saturated rings. The molecule has 106 valence electrons. The van der Waals surface area contributed by atoms with Crippen LogP contribution in [-0.2, 0) is 6.54 Å². The van der Waals surface area contributed by atoms with Gasteiger partial charge < -0.3 is 16.8 Å². The summed E-state index contributed by atoms with van der Waals surface area (Å²) in [5.74, 6) is 0.423. The van der Waals surface area contributed by atoms with Gasteiger partial charge in [0.2, 0.25) is 5.95 Å². The molecule has 0 spiro atoms. The fourth-order valence-electron chi connectivity index (χ4n) is 2.16. The number of nitrogens with two attached hydrogens (primary N) is 2. The van der Waals surface area contributed by atoms with Gasteiger partial charge in [-0.2, -0.15) is 4.98 Å². The topological polar surface area (TPSA) is 89.8 Å². The van der Waals surface area contributed by atoms with E-state index in [1.165, 1.54) is 0 Å². The van der Waals surface area contributed by atoms with Crippen LogP contribution in [0, 0.1) is 0 Å². The molecule has 3 aromatic rings. The monoisotopic (exact) mass is 299 g/mol. The van der Waals surface area contributed by atoms with E-state index in [1.807, 2.05) is 42.5 Å². The van der Waals surface area contributed by atoms with Crippen molar-refractivity contribution in [3.8, 4) is 0 Å². The van der Waals surface area contributed by atoms with E-state index in [0.29, 0.717) is 22.5 Å². The van der Waals surface area contributed by atoms with E-state index < -0.39 is 0 Å². The lowest BCUT2D eigenvalue weighted by atomic mass is 10.2. The van der Waals surface area contributed by atoms with Crippen molar-refractivity contribution in [3.05, 3.63) is 53.1 Å². The number of benzene rings is 2. The van der Waals surface area contributed by atoms with Gasteiger partial charge >= 0.3 is 0 Å². The number of anilines is 3. The van der Waals surface area contributed by atoms with Gasteiger partial charge in [-0.25, -0.2) is 4.98 Å². The largest absolute Gasteiger partial charge is 0.383 e. The summed E-state index contributed by atoms with van der Waals surface area (Å²) < 4.78 is 0. The predicted octanol–water partition coefficient (Wildman–Crippen LogP) is 3.06. The van der Waals surface area contributed by atoms with Crippen molar-refractivity contribution < 1.29 is 0 Å². The Bertz CT molecular complexity index is 789. The van der Waals surface area contributed by atoms with E-state index in [2.05, 4.69) is 15.3 Å². The first-order valence-corrected chi connectivity index (χ1v) is 6.82. The lowest BCUT2D eigenvalue weighted by Crippen LogP contribution is -2.03. The molecule has 0 aliphatic heterocycles. The van der Waals surface area contributed by atoms with Crippen LogP contribution in [-0.4, -0.2) is 9.97 Å². The zero-order chi connectivity index (χ0) is 14.8. The summed E-state index contributed by atoms with van der Waals surface area (Å²) in [6.45, 7) is 0.668. The van der Waals surface area contributed by atoms with E-state index in [1.54, 1.807) is 0 Å². The molecule has 2 aromatic carbocycles. The second-order valence-corrected chi connectivity index (χ2v) is 5.01. The maximum Gasteiger partial charge on any atom is 0.222 e. The molecule has 0 atom stereocenters. The van der Waals surface area contributed by atoms with Crippen LogP contribution in [0.25, 0.3) is 10.9 Å². The minimum Gasteiger partial charge on any atom is -0.383 e. The van der Waals surface area contributed by atoms with Crippen LogP contribution in [0.2, 0.25) is 5.02 Å². The Labute approximate surface area is 127 Å². The van der Waals surface area contributed by atoms with Gasteiger partial charge in [-0.3, -0.25) is 0 Å². The molecule has 3 rings (SSSR count). The van der Waals surface area contributed by atoms with Crippen molar-refractivity contribution in [1.29, 1.82) is 0 Å². The van der Waals surface area contributed by atoms with Crippen LogP contribution in [0.5, 0.6) is 0 Å². The number of nitrogens with one attached hydrogen (secondary N) is 1. The minimum atomic E-state index is 0.140. The highest BCUT2D eigenvalue weighted by atomic mass is 35.5. The van der Waals surface area contributed by atoms with Crippen molar-refractivity contribution in [2.75, 3.05) is 16.8 Å². The Balaban J connectivity index is 1.95. The summed E-state index contributed by atoms with van der Waals surface area (Å²) in [4.78, 5) is 8.09. The molecular weight excluding hydrogens is 286 g/mol. The number of rotatable bonds is 3. The van der Waals surface area contributed by atoms with E-state index >= 15 is 0 Å². The SMILES string of the molecule is Nc1nc(N)c2c(Cl)c(NCc3ccccc3)ccc2n1. The third-order valence-electron chi connectivity index (χ3n) is 3.17. The summed E-state index contributed by atoms with van der Waals surface area (Å²) in [5, 5.41) is 4.40. The van der Waals surface area contributed by atoms with Crippen LogP contribution in [0.4, 0.5) is 17.5 Å². The van der Waals surface area contributed by atoms with E-state index in [9.17, 15) is 0 Å². The van der Waals surface area contributed by atoms with Gasteiger partial charge in [0, 0.05) is 6.54 Å². The highest BCUT2D eigenvalue weighted by molar-refractivity contribution is 6.39. The quantitative estimate of drug-likeness (QED) is 0.691. The predicted molar refractivity (Wildman–Crippen MR) is 87.1 cm³/mol. The standard InChI is InChI=1S/C15H14ClN5/c16-13-11(19-8-9-4-2-1-3-5-9)7-6-10-12(13)14(17)21-15(18)20-10/h1-7,19H,8H2,(H4,17,18,20,21). The number of fused-ring (bicyclic) bond motifs is 1. The molecule has 0 radical (unpaired) electrons. The highest BCUT2D eigenvalue weighted by Gasteiger charge is 2.11. The molecule has 0 bridgehead atoms. The second kappa shape index (κ2) is 5.46. The number of halogens is 1. The van der Waals surface area contributed by atoms with E-state index in [4.69, 9.17) is 23.1 Å². The fourth-order valence-corrected chi connectivity index (χ4v) is 2.48. The van der Waals surface area contributed by atoms with Crippen LogP contribution in [0.3, 0.4) is 0 Å². The third-order valence-corrected chi connectivity index (χ3v) is 3.56. The third kappa shape index (κ3) is 2.68. The smallest absolute Gasteiger partial charge is 0.222 e. The minimum absolute atomic E-state index is 0.140. The first-order chi connectivity index (χ1) is 10.1. The highest BCUT2D eigenvalue weighted by Crippen LogP contribution is 2.33. The maximum absolute atomic E-state index is 6.40. The Hall–Kier alpha value is -2.53. The molecule has 0 unspecified atom stereocenters. The molecule has 0 saturated heterocycles. The van der Waals surface area contributed by atoms with Crippen molar-refractivity contribution in [3.63, 3.8) is 0 Å². The average molecular weight is 300 g/mol. The number of hydrogen-bond acceptors (Lipinski definition) is 5. The molecule has 1 heterocycles. The normalized spacial score (nSPS) is 10.7. The average Bonchev–Trinajstić information content (AvgIpc) is 2.47. The molecule has 0 aliphatic carbocycles. The number of nitrogens with zero attached hydrogens (tertiary/aromatic N) is 2. The Morgan fingerprint density at radius 1 is 1.00 bits per heavy atom. The zero-order valence-corrected chi connectivity index (χ0v) is 11.9. The lowest BCUT2D eigenvalue weighted by Gasteiger charge is -2.11. The van der Waals surface area contributed by atoms with Gasteiger partial charge in [0.1, 0.15) is 5.82 Å². The van der Waals surface area contributed by atoms with Crippen molar-refractivity contribution >= 4 is 40.0 Å². The van der Waals surface area contributed by atoms with Crippen LogP contribution < -0.4 is 16.8 Å². The molecule has 6 heteroatoms. The van der Waals surface area contributed by atoms with Crippen molar-refractivity contribution in [1.82, 2.24) is 9.97 Å². The molecule has 5 nitrogen and oxygen atoms in total. The van der Waals surface area contributed by atoms with Crippen molar-refractivity contribution in [2.45, 2.75) is 6.54 Å². The molecular formula is C15H14ClN5. The summed E-state index contributed by atoms with van der Waals surface area (Å²) in [6, 6.07) is 13.7. The Kier molecular flexibility index (Phi) is 3.50. The van der Waals surface area contributed by atoms with Gasteiger partial charge in [0.15, 0.2) is 0 Å². The van der Waals surface area contributed by atoms with Gasteiger partial charge in [-0.05, 0) is 17.7 Å². The summed E-state index contributed by atoms with van der Waals surface area (Å²) >= 11 is 6.40. The first-order valence-electron chi connectivity index (χ1n) is 6.44. The molecule has 5 N–H and O–H groups in total. The molecule has 0 amide bonds. The number of hydrogen-bond donors (Lipinski definition) is 3. The fraction of sp³-hybridized carbons (Fsp3) is 0.0667. The van der Waals surface area contributed by atoms with Crippen molar-refractivity contribution in [2.24, 2.45) is 0 Å². The maximum atomic E-state index is 6.40. The Morgan fingerprint density at radius 3 is 2.52 bits per heavy atom. The second-order valence-electron chi connectivity index (χ2n) is 4.63. The summed E-state index contributed by atoms with van der Waals surface area (Å²) in [5.41, 5.74) is 14.1. The molecule has 1 aromatic heterocycles. The van der Waals surface area contributed by atoms with Crippen LogP contribution >= 0.6 is 11.6 Å². The molecule has 0 aliphatic rings. The zero-order valence-electron chi connectivity index (χ0n) is 11.2. The van der Waals surface area contributed by atoms with Crippen LogP contribution in [0.1, 0.15) is 5.56 Å². The summed E-state index contributed by atoms with van der Waals surface area (Å²) in [6.07, 6.45) is 0. The van der Waals surface area contributed by atoms with Crippen LogP contribution in [0.15, 0.2) is 42.5 Å². The van der Waals surface area contributed by atoms with Gasteiger partial charge in [0.05, 0.1) is 21.6 Å². The first kappa shape index (κ1) is 13.5. The van der Waals surface area contributed by atoms with Gasteiger partial charge in [-0.1, -0.05) is 41.9 Å². The van der Waals surface area contributed by atoms with E-state index in [0.717, 1.165) is 11.3 Å². The van der Waals surface area contributed by atoms with Gasteiger partial charge in [-0.15, -0.1) is 0 Å². The van der Waals surface area contributed by atoms with E-state index in [-0.39, 0.29) is 11.8 Å². The molecule has 0 saturated carbocycles. The molecule has 21 heavy (non-hydrogen) atoms. The van der Waals surface area contributed by atoms with Gasteiger partial charge in [0.25, 0.3) is 0 Å². The Morgan fingerprint density at radius 2 is 1.76 bits per heavy atom. The lowest BCUT2D eigenvalue weighted by molar-refractivity contribution is 1.15. The summed E-state index contributed by atoms with van der Waals surface area (Å²) in [7, 11) is 0. The number of aromatic nitrogens is 2.